The summed E-state index contributed by atoms with van der Waals surface area (Å²) in [7, 11) is 0. The highest BCUT2D eigenvalue weighted by molar-refractivity contribution is 5.69. The molecule has 0 N–H and O–H groups in total. The topological polar surface area (TPSA) is 44.8 Å². The molecule has 0 aromatic carbocycles. The van der Waals surface area contributed by atoms with Crippen molar-refractivity contribution in [2.24, 2.45) is 5.92 Å². The molecule has 1 heterocycles. The van der Waals surface area contributed by atoms with E-state index in [2.05, 4.69) is 32.9 Å². The number of hydrogen-bond acceptors (Lipinski definition) is 4. The summed E-state index contributed by atoms with van der Waals surface area (Å²) in [4.78, 5) is 11.9. The van der Waals surface area contributed by atoms with Crippen LogP contribution in [0.25, 0.3) is 0 Å². The van der Waals surface area contributed by atoms with Gasteiger partial charge in [-0.2, -0.15) is 0 Å². The van der Waals surface area contributed by atoms with Crippen molar-refractivity contribution in [3.8, 4) is 0 Å². The number of rotatable bonds is 17. The van der Waals surface area contributed by atoms with Crippen molar-refractivity contribution in [1.29, 1.82) is 0 Å². The number of carbonyl (C=O) groups excluding carboxylic acids is 1. The summed E-state index contributed by atoms with van der Waals surface area (Å²) in [5, 5.41) is 0. The first-order valence-corrected chi connectivity index (χ1v) is 12.2. The third-order valence-corrected chi connectivity index (χ3v) is 5.38. The fourth-order valence-electron chi connectivity index (χ4n) is 3.54. The van der Waals surface area contributed by atoms with Crippen LogP contribution >= 0.6 is 0 Å². The number of allylic oxidation sites excluding steroid dienone is 2. The predicted octanol–water partition coefficient (Wildman–Crippen LogP) is 6.96. The molecule has 1 aliphatic rings. The first kappa shape index (κ1) is 26.2. The lowest BCUT2D eigenvalue weighted by molar-refractivity contribution is -0.239. The molecule has 4 nitrogen and oxygen atoms in total. The summed E-state index contributed by atoms with van der Waals surface area (Å²) in [6.45, 7) is 7.28. The Morgan fingerprint density at radius 3 is 1.93 bits per heavy atom. The van der Waals surface area contributed by atoms with Gasteiger partial charge in [0, 0.05) is 12.3 Å². The first-order valence-electron chi connectivity index (χ1n) is 12.2. The van der Waals surface area contributed by atoms with Crippen LogP contribution in [0.4, 0.5) is 0 Å². The SMILES string of the molecule is CCCCCCCCC=CCCCCCCCC(=O)OC1COC(C(C)C)OC1. The smallest absolute Gasteiger partial charge is 0.306 e. The zero-order chi connectivity index (χ0) is 21.2. The lowest BCUT2D eigenvalue weighted by Gasteiger charge is -2.31. The van der Waals surface area contributed by atoms with Gasteiger partial charge in [-0.3, -0.25) is 4.79 Å². The third kappa shape index (κ3) is 14.7. The minimum Gasteiger partial charge on any atom is -0.457 e. The van der Waals surface area contributed by atoms with Crippen LogP contribution in [0.5, 0.6) is 0 Å². The van der Waals surface area contributed by atoms with Gasteiger partial charge >= 0.3 is 5.97 Å². The van der Waals surface area contributed by atoms with E-state index in [4.69, 9.17) is 14.2 Å². The molecule has 1 fully saturated rings. The maximum atomic E-state index is 11.9. The number of ether oxygens (including phenoxy) is 3. The normalized spacial score (nSPS) is 19.9. The van der Waals surface area contributed by atoms with Gasteiger partial charge in [-0.15, -0.1) is 0 Å². The molecule has 0 bridgehead atoms. The van der Waals surface area contributed by atoms with Gasteiger partial charge in [-0.1, -0.05) is 84.3 Å². The zero-order valence-corrected chi connectivity index (χ0v) is 19.3. The van der Waals surface area contributed by atoms with Crippen LogP contribution in [0.2, 0.25) is 0 Å². The molecule has 4 heteroatoms. The van der Waals surface area contributed by atoms with Crippen molar-refractivity contribution in [3.05, 3.63) is 12.2 Å². The van der Waals surface area contributed by atoms with Crippen molar-refractivity contribution in [3.63, 3.8) is 0 Å². The number of hydrogen-bond donors (Lipinski definition) is 0. The fourth-order valence-corrected chi connectivity index (χ4v) is 3.54. The molecular weight excluding hydrogens is 364 g/mol. The van der Waals surface area contributed by atoms with Gasteiger partial charge in [0.25, 0.3) is 0 Å². The number of unbranched alkanes of at least 4 members (excludes halogenated alkanes) is 11. The van der Waals surface area contributed by atoms with E-state index in [0.717, 1.165) is 12.8 Å². The molecule has 1 aliphatic heterocycles. The Kier molecular flexibility index (Phi) is 16.2. The summed E-state index contributed by atoms with van der Waals surface area (Å²) in [5.41, 5.74) is 0. The largest absolute Gasteiger partial charge is 0.457 e. The summed E-state index contributed by atoms with van der Waals surface area (Å²) in [5.74, 6) is 0.199. The molecule has 0 saturated carbocycles. The average molecular weight is 411 g/mol. The molecule has 0 spiro atoms. The highest BCUT2D eigenvalue weighted by Crippen LogP contribution is 2.16. The van der Waals surface area contributed by atoms with Crippen LogP contribution in [0.3, 0.4) is 0 Å². The van der Waals surface area contributed by atoms with Crippen molar-refractivity contribution in [2.75, 3.05) is 13.2 Å². The summed E-state index contributed by atoms with van der Waals surface area (Å²) in [6.07, 6.45) is 21.2. The molecular formula is C25H46O4. The van der Waals surface area contributed by atoms with Gasteiger partial charge in [0.2, 0.25) is 0 Å². The zero-order valence-electron chi connectivity index (χ0n) is 19.3. The van der Waals surface area contributed by atoms with Gasteiger partial charge < -0.3 is 14.2 Å². The molecule has 0 aromatic rings. The van der Waals surface area contributed by atoms with Crippen LogP contribution in [0.15, 0.2) is 12.2 Å². The van der Waals surface area contributed by atoms with Gasteiger partial charge in [-0.25, -0.2) is 0 Å². The molecule has 0 amide bonds. The molecule has 0 radical (unpaired) electrons. The second-order valence-corrected chi connectivity index (χ2v) is 8.73. The maximum absolute atomic E-state index is 11.9. The van der Waals surface area contributed by atoms with E-state index >= 15 is 0 Å². The lowest BCUT2D eigenvalue weighted by atomic mass is 10.1. The molecule has 0 atom stereocenters. The molecule has 0 aromatic heterocycles. The van der Waals surface area contributed by atoms with Crippen LogP contribution in [0.1, 0.15) is 111 Å². The Morgan fingerprint density at radius 1 is 0.862 bits per heavy atom. The summed E-state index contributed by atoms with van der Waals surface area (Å²) < 4.78 is 16.6. The van der Waals surface area contributed by atoms with Crippen molar-refractivity contribution in [2.45, 2.75) is 123 Å². The minimum absolute atomic E-state index is 0.122. The Morgan fingerprint density at radius 2 is 1.38 bits per heavy atom. The molecule has 0 unspecified atom stereocenters. The second-order valence-electron chi connectivity index (χ2n) is 8.73. The highest BCUT2D eigenvalue weighted by atomic mass is 16.7. The van der Waals surface area contributed by atoms with Gasteiger partial charge in [-0.05, 0) is 32.1 Å². The first-order chi connectivity index (χ1) is 14.1. The minimum atomic E-state index is -0.249. The summed E-state index contributed by atoms with van der Waals surface area (Å²) >= 11 is 0. The average Bonchev–Trinajstić information content (AvgIpc) is 2.71. The van der Waals surface area contributed by atoms with Crippen LogP contribution < -0.4 is 0 Å². The Labute approximate surface area is 179 Å². The van der Waals surface area contributed by atoms with Gasteiger partial charge in [0.1, 0.15) is 6.10 Å². The van der Waals surface area contributed by atoms with E-state index in [0.29, 0.717) is 25.6 Å². The van der Waals surface area contributed by atoms with Crippen LogP contribution in [-0.4, -0.2) is 31.6 Å². The van der Waals surface area contributed by atoms with Crippen molar-refractivity contribution < 1.29 is 19.0 Å². The quantitative estimate of drug-likeness (QED) is 0.148. The monoisotopic (exact) mass is 410 g/mol. The van der Waals surface area contributed by atoms with Crippen LogP contribution in [0, 0.1) is 5.92 Å². The van der Waals surface area contributed by atoms with E-state index in [9.17, 15) is 4.79 Å². The van der Waals surface area contributed by atoms with Crippen molar-refractivity contribution in [1.82, 2.24) is 0 Å². The number of carbonyl (C=O) groups is 1. The van der Waals surface area contributed by atoms with E-state index < -0.39 is 0 Å². The van der Waals surface area contributed by atoms with Crippen LogP contribution in [-0.2, 0) is 19.0 Å². The fraction of sp³-hybridized carbons (Fsp3) is 0.880. The Bertz CT molecular complexity index is 411. The molecule has 170 valence electrons. The number of esters is 1. The molecule has 1 saturated heterocycles. The second kappa shape index (κ2) is 17.9. The lowest BCUT2D eigenvalue weighted by Crippen LogP contribution is -2.40. The molecule has 29 heavy (non-hydrogen) atoms. The van der Waals surface area contributed by atoms with E-state index in [1.165, 1.54) is 70.6 Å². The molecule has 0 aliphatic carbocycles. The van der Waals surface area contributed by atoms with Gasteiger partial charge in [0.15, 0.2) is 6.29 Å². The van der Waals surface area contributed by atoms with E-state index in [1.54, 1.807) is 0 Å². The Hall–Kier alpha value is -0.870. The molecule has 1 rings (SSSR count). The van der Waals surface area contributed by atoms with Crippen molar-refractivity contribution >= 4 is 5.97 Å². The summed E-state index contributed by atoms with van der Waals surface area (Å²) in [6, 6.07) is 0. The van der Waals surface area contributed by atoms with E-state index in [1.807, 2.05) is 0 Å². The standard InChI is InChI=1S/C25H46O4/c1-4-5-6-7-8-9-10-11-12-13-14-15-16-17-18-19-24(26)29-23-20-27-25(22(2)3)28-21-23/h11-12,22-23,25H,4-10,13-21H2,1-3H3. The highest BCUT2D eigenvalue weighted by Gasteiger charge is 2.26. The third-order valence-electron chi connectivity index (χ3n) is 5.38. The van der Waals surface area contributed by atoms with Gasteiger partial charge in [0.05, 0.1) is 13.2 Å². The van der Waals surface area contributed by atoms with E-state index in [-0.39, 0.29) is 18.4 Å². The Balaban J connectivity index is 1.85. The predicted molar refractivity (Wildman–Crippen MR) is 120 cm³/mol. The maximum Gasteiger partial charge on any atom is 0.306 e.